The van der Waals surface area contributed by atoms with Gasteiger partial charge in [-0.05, 0) is 18.2 Å². The average Bonchev–Trinajstić information content (AvgIpc) is 2.37. The van der Waals surface area contributed by atoms with Crippen molar-refractivity contribution in [2.24, 2.45) is 0 Å². The van der Waals surface area contributed by atoms with Crippen LogP contribution in [-0.2, 0) is 0 Å². The predicted molar refractivity (Wildman–Crippen MR) is 80.6 cm³/mol. The number of amides is 1. The van der Waals surface area contributed by atoms with Crippen LogP contribution >= 0.6 is 23.2 Å². The molecule has 2 saturated heterocycles. The maximum Gasteiger partial charge on any atom is 0.255 e. The maximum atomic E-state index is 12.5. The molecule has 20 heavy (non-hydrogen) atoms. The van der Waals surface area contributed by atoms with Crippen LogP contribution in [0.3, 0.4) is 0 Å². The molecule has 0 saturated carbocycles. The lowest BCUT2D eigenvalue weighted by molar-refractivity contribution is 0.0502. The molecule has 4 nitrogen and oxygen atoms in total. The molecule has 3 rings (SSSR count). The molecule has 6 heteroatoms. The number of nitrogens with one attached hydrogen (secondary N) is 1. The molecule has 1 aromatic rings. The van der Waals surface area contributed by atoms with Crippen LogP contribution in [0, 0.1) is 0 Å². The van der Waals surface area contributed by atoms with E-state index in [1.807, 2.05) is 4.90 Å². The first kappa shape index (κ1) is 14.1. The fourth-order valence-corrected chi connectivity index (χ4v) is 3.14. The van der Waals surface area contributed by atoms with E-state index < -0.39 is 0 Å². The molecule has 0 bridgehead atoms. The molecule has 2 fully saturated rings. The van der Waals surface area contributed by atoms with Crippen LogP contribution in [0.15, 0.2) is 18.2 Å². The normalized spacial score (nSPS) is 20.8. The fourth-order valence-electron chi connectivity index (χ4n) is 2.66. The van der Waals surface area contributed by atoms with Gasteiger partial charge >= 0.3 is 0 Å². The lowest BCUT2D eigenvalue weighted by Gasteiger charge is -2.43. The monoisotopic (exact) mass is 313 g/mol. The molecule has 1 amide bonds. The number of benzene rings is 1. The van der Waals surface area contributed by atoms with Crippen molar-refractivity contribution < 1.29 is 4.79 Å². The van der Waals surface area contributed by atoms with Crippen LogP contribution in [0.1, 0.15) is 10.4 Å². The molecule has 108 valence electrons. The Labute approximate surface area is 128 Å². The lowest BCUT2D eigenvalue weighted by Crippen LogP contribution is -2.62. The molecule has 0 aliphatic carbocycles. The first-order valence-corrected chi connectivity index (χ1v) is 7.60. The minimum Gasteiger partial charge on any atom is -0.336 e. The Morgan fingerprint density at radius 1 is 1.15 bits per heavy atom. The Balaban J connectivity index is 1.63. The molecule has 2 heterocycles. The van der Waals surface area contributed by atoms with Gasteiger partial charge in [-0.2, -0.15) is 0 Å². The molecule has 2 aliphatic heterocycles. The molecular weight excluding hydrogens is 297 g/mol. The van der Waals surface area contributed by atoms with Gasteiger partial charge in [-0.15, -0.1) is 0 Å². The summed E-state index contributed by atoms with van der Waals surface area (Å²) in [5.41, 5.74) is 0.537. The van der Waals surface area contributed by atoms with Gasteiger partial charge in [0, 0.05) is 50.3 Å². The summed E-state index contributed by atoms with van der Waals surface area (Å²) in [7, 11) is 0. The summed E-state index contributed by atoms with van der Waals surface area (Å²) in [6.45, 7) is 5.52. The number of hydrogen-bond donors (Lipinski definition) is 1. The molecule has 1 aromatic carbocycles. The van der Waals surface area contributed by atoms with Crippen LogP contribution in [0.4, 0.5) is 0 Å². The van der Waals surface area contributed by atoms with E-state index in [0.717, 1.165) is 39.3 Å². The van der Waals surface area contributed by atoms with Crippen molar-refractivity contribution in [2.75, 3.05) is 39.3 Å². The van der Waals surface area contributed by atoms with Crippen molar-refractivity contribution in [1.82, 2.24) is 15.1 Å². The van der Waals surface area contributed by atoms with E-state index in [4.69, 9.17) is 23.2 Å². The van der Waals surface area contributed by atoms with Crippen molar-refractivity contribution in [2.45, 2.75) is 6.04 Å². The molecular formula is C14H17Cl2N3O. The number of carbonyl (C=O) groups is 1. The average molecular weight is 314 g/mol. The largest absolute Gasteiger partial charge is 0.336 e. The third kappa shape index (κ3) is 2.79. The minimum atomic E-state index is -0.00180. The van der Waals surface area contributed by atoms with E-state index >= 15 is 0 Å². The first-order chi connectivity index (χ1) is 9.65. The lowest BCUT2D eigenvalue weighted by atomic mass is 10.1. The van der Waals surface area contributed by atoms with Gasteiger partial charge in [-0.1, -0.05) is 23.2 Å². The number of nitrogens with zero attached hydrogens (tertiary/aromatic N) is 2. The van der Waals surface area contributed by atoms with E-state index in [1.54, 1.807) is 18.2 Å². The Bertz CT molecular complexity index is 511. The predicted octanol–water partition coefficient (Wildman–Crippen LogP) is 1.72. The smallest absolute Gasteiger partial charge is 0.255 e. The number of piperazine rings is 1. The van der Waals surface area contributed by atoms with Gasteiger partial charge in [0.2, 0.25) is 0 Å². The number of rotatable bonds is 2. The Kier molecular flexibility index (Phi) is 4.17. The summed E-state index contributed by atoms with van der Waals surface area (Å²) in [5, 5.41) is 4.25. The molecule has 0 atom stereocenters. The van der Waals surface area contributed by atoms with Crippen molar-refractivity contribution in [1.29, 1.82) is 0 Å². The molecule has 0 aromatic heterocycles. The van der Waals surface area contributed by atoms with Gasteiger partial charge in [0.15, 0.2) is 0 Å². The summed E-state index contributed by atoms with van der Waals surface area (Å²) < 4.78 is 0. The summed E-state index contributed by atoms with van der Waals surface area (Å²) >= 11 is 12.0. The van der Waals surface area contributed by atoms with Crippen LogP contribution < -0.4 is 5.32 Å². The van der Waals surface area contributed by atoms with Crippen molar-refractivity contribution >= 4 is 29.1 Å². The second-order valence-electron chi connectivity index (χ2n) is 5.26. The summed E-state index contributed by atoms with van der Waals surface area (Å²) in [5.74, 6) is -0.00180. The molecule has 1 N–H and O–H groups in total. The maximum absolute atomic E-state index is 12.5. The highest BCUT2D eigenvalue weighted by Gasteiger charge is 2.29. The highest BCUT2D eigenvalue weighted by atomic mass is 35.5. The molecule has 0 spiro atoms. The Hall–Kier alpha value is -0.810. The summed E-state index contributed by atoms with van der Waals surface area (Å²) in [6.07, 6.45) is 0. The van der Waals surface area contributed by atoms with E-state index in [1.165, 1.54) is 0 Å². The highest BCUT2D eigenvalue weighted by Crippen LogP contribution is 2.23. The summed E-state index contributed by atoms with van der Waals surface area (Å²) in [6, 6.07) is 5.67. The third-order valence-corrected chi connectivity index (χ3v) is 4.59. The zero-order valence-electron chi connectivity index (χ0n) is 11.1. The standard InChI is InChI=1S/C14H17Cl2N3O/c15-10-1-2-12(13(16)7-10)14(20)19-5-3-18(4-6-19)11-8-17-9-11/h1-2,7,11,17H,3-6,8-9H2. The van der Waals surface area contributed by atoms with Gasteiger partial charge in [0.25, 0.3) is 5.91 Å². The number of hydrogen-bond acceptors (Lipinski definition) is 3. The zero-order valence-corrected chi connectivity index (χ0v) is 12.6. The van der Waals surface area contributed by atoms with Crippen molar-refractivity contribution in [3.8, 4) is 0 Å². The quantitative estimate of drug-likeness (QED) is 0.903. The van der Waals surface area contributed by atoms with E-state index in [9.17, 15) is 4.79 Å². The topological polar surface area (TPSA) is 35.6 Å². The molecule has 2 aliphatic rings. The summed E-state index contributed by atoms with van der Waals surface area (Å²) in [4.78, 5) is 16.8. The second-order valence-corrected chi connectivity index (χ2v) is 6.11. The van der Waals surface area contributed by atoms with Gasteiger partial charge in [0.1, 0.15) is 0 Å². The second kappa shape index (κ2) is 5.90. The van der Waals surface area contributed by atoms with Gasteiger partial charge in [-0.25, -0.2) is 0 Å². The molecule has 0 unspecified atom stereocenters. The van der Waals surface area contributed by atoms with Crippen molar-refractivity contribution in [3.63, 3.8) is 0 Å². The minimum absolute atomic E-state index is 0.00180. The number of carbonyl (C=O) groups excluding carboxylic acids is 1. The van der Waals surface area contributed by atoms with Crippen molar-refractivity contribution in [3.05, 3.63) is 33.8 Å². The fraction of sp³-hybridized carbons (Fsp3) is 0.500. The van der Waals surface area contributed by atoms with E-state index in [2.05, 4.69) is 10.2 Å². The molecule has 0 radical (unpaired) electrons. The van der Waals surface area contributed by atoms with Gasteiger partial charge in [-0.3, -0.25) is 9.69 Å². The third-order valence-electron chi connectivity index (χ3n) is 4.04. The van der Waals surface area contributed by atoms with E-state index in [0.29, 0.717) is 21.7 Å². The highest BCUT2D eigenvalue weighted by molar-refractivity contribution is 6.36. The Morgan fingerprint density at radius 2 is 1.85 bits per heavy atom. The van der Waals surface area contributed by atoms with Gasteiger partial charge in [0.05, 0.1) is 10.6 Å². The van der Waals surface area contributed by atoms with Crippen LogP contribution in [0.2, 0.25) is 10.0 Å². The van der Waals surface area contributed by atoms with E-state index in [-0.39, 0.29) is 5.91 Å². The number of halogens is 2. The van der Waals surface area contributed by atoms with Crippen LogP contribution in [0.25, 0.3) is 0 Å². The zero-order chi connectivity index (χ0) is 14.1. The Morgan fingerprint density at radius 3 is 2.40 bits per heavy atom. The van der Waals surface area contributed by atoms with Crippen LogP contribution in [0.5, 0.6) is 0 Å². The first-order valence-electron chi connectivity index (χ1n) is 6.84. The van der Waals surface area contributed by atoms with Crippen LogP contribution in [-0.4, -0.2) is 61.0 Å². The SMILES string of the molecule is O=C(c1ccc(Cl)cc1Cl)N1CCN(C2CNC2)CC1. The van der Waals surface area contributed by atoms with Gasteiger partial charge < -0.3 is 10.2 Å².